The second kappa shape index (κ2) is 5.12. The van der Waals surface area contributed by atoms with Crippen LogP contribution >= 0.6 is 0 Å². The predicted octanol–water partition coefficient (Wildman–Crippen LogP) is 0.553. The molecule has 0 aromatic carbocycles. The smallest absolute Gasteiger partial charge is 0.331 e. The van der Waals surface area contributed by atoms with E-state index in [1.54, 1.807) is 13.8 Å². The monoisotopic (exact) mass is 304 g/mol. The molecule has 1 aromatic rings. The van der Waals surface area contributed by atoms with Crippen molar-refractivity contribution < 1.29 is 18.3 Å². The molecule has 1 aromatic heterocycles. The zero-order valence-electron chi connectivity index (χ0n) is 12.3. The van der Waals surface area contributed by atoms with Gasteiger partial charge in [0.15, 0.2) is 21.2 Å². The molecule has 0 saturated carbocycles. The summed E-state index contributed by atoms with van der Waals surface area (Å²) in [6, 6.07) is 0. The van der Waals surface area contributed by atoms with Gasteiger partial charge in [-0.05, 0) is 37.1 Å². The van der Waals surface area contributed by atoms with Crippen molar-refractivity contribution in [1.82, 2.24) is 20.2 Å². The SMILES string of the molecule is CCC(CC)(C(=O)O)n1nnnc1C(C)(C)S(C)(=O)=O. The molecule has 0 aliphatic rings. The van der Waals surface area contributed by atoms with Crippen LogP contribution in [0, 0.1) is 0 Å². The zero-order valence-corrected chi connectivity index (χ0v) is 13.1. The number of carboxylic acid groups (broad SMARTS) is 1. The Hall–Kier alpha value is -1.51. The fraction of sp³-hybridized carbons (Fsp3) is 0.818. The standard InChI is InChI=1S/C11H20N4O4S/c1-6-11(7-2,9(16)17)15-8(12-13-14-15)10(3,4)20(5,18)19/h6-7H2,1-5H3,(H,16,17). The third-order valence-corrected chi connectivity index (χ3v) is 5.94. The summed E-state index contributed by atoms with van der Waals surface area (Å²) in [5.41, 5.74) is -1.35. The van der Waals surface area contributed by atoms with Crippen LogP contribution in [0.1, 0.15) is 46.4 Å². The van der Waals surface area contributed by atoms with Gasteiger partial charge in [0.2, 0.25) is 0 Å². The Kier molecular flexibility index (Phi) is 4.23. The Morgan fingerprint density at radius 2 is 1.80 bits per heavy atom. The van der Waals surface area contributed by atoms with Gasteiger partial charge in [-0.15, -0.1) is 5.10 Å². The Morgan fingerprint density at radius 1 is 1.30 bits per heavy atom. The molecule has 1 rings (SSSR count). The number of carboxylic acids is 1. The summed E-state index contributed by atoms with van der Waals surface area (Å²) in [5.74, 6) is -1.05. The summed E-state index contributed by atoms with van der Waals surface area (Å²) in [7, 11) is -3.51. The van der Waals surface area contributed by atoms with E-state index in [1.165, 1.54) is 13.8 Å². The molecule has 0 radical (unpaired) electrons. The van der Waals surface area contributed by atoms with Gasteiger partial charge in [-0.1, -0.05) is 13.8 Å². The van der Waals surface area contributed by atoms with E-state index in [0.717, 1.165) is 10.9 Å². The quantitative estimate of drug-likeness (QED) is 0.816. The average Bonchev–Trinajstić information content (AvgIpc) is 2.79. The van der Waals surface area contributed by atoms with Crippen molar-refractivity contribution in [3.8, 4) is 0 Å². The van der Waals surface area contributed by atoms with Gasteiger partial charge in [-0.3, -0.25) is 0 Å². The van der Waals surface area contributed by atoms with Gasteiger partial charge in [0, 0.05) is 6.26 Å². The van der Waals surface area contributed by atoms with Crippen molar-refractivity contribution in [3.05, 3.63) is 5.82 Å². The van der Waals surface area contributed by atoms with Crippen molar-refractivity contribution in [3.63, 3.8) is 0 Å². The van der Waals surface area contributed by atoms with Crippen molar-refractivity contribution in [1.29, 1.82) is 0 Å². The molecular formula is C11H20N4O4S. The molecule has 9 heteroatoms. The number of hydrogen-bond acceptors (Lipinski definition) is 6. The number of nitrogens with zero attached hydrogens (tertiary/aromatic N) is 4. The van der Waals surface area contributed by atoms with Gasteiger partial charge in [0.05, 0.1) is 0 Å². The Bertz CT molecular complexity index is 602. The summed E-state index contributed by atoms with van der Waals surface area (Å²) in [5, 5.41) is 20.5. The highest BCUT2D eigenvalue weighted by Crippen LogP contribution is 2.33. The van der Waals surface area contributed by atoms with Crippen LogP contribution in [0.5, 0.6) is 0 Å². The van der Waals surface area contributed by atoms with Crippen molar-refractivity contribution >= 4 is 15.8 Å². The zero-order chi connectivity index (χ0) is 15.8. The predicted molar refractivity (Wildman–Crippen MR) is 71.9 cm³/mol. The minimum atomic E-state index is -3.51. The van der Waals surface area contributed by atoms with Crippen LogP contribution in [0.2, 0.25) is 0 Å². The first-order valence-electron chi connectivity index (χ1n) is 6.27. The molecule has 0 unspecified atom stereocenters. The molecular weight excluding hydrogens is 284 g/mol. The molecule has 0 spiro atoms. The number of rotatable bonds is 6. The van der Waals surface area contributed by atoms with Gasteiger partial charge in [0.1, 0.15) is 4.75 Å². The first kappa shape index (κ1) is 16.5. The lowest BCUT2D eigenvalue weighted by molar-refractivity contribution is -0.149. The van der Waals surface area contributed by atoms with Gasteiger partial charge in [-0.2, -0.15) is 0 Å². The molecule has 0 aliphatic heterocycles. The molecule has 114 valence electrons. The summed E-state index contributed by atoms with van der Waals surface area (Å²) >= 11 is 0. The highest BCUT2D eigenvalue weighted by Gasteiger charge is 2.46. The van der Waals surface area contributed by atoms with Gasteiger partial charge < -0.3 is 5.11 Å². The Balaban J connectivity index is 3.60. The maximum Gasteiger partial charge on any atom is 0.331 e. The maximum atomic E-state index is 11.9. The summed E-state index contributed by atoms with van der Waals surface area (Å²) in [6.07, 6.45) is 1.57. The Labute approximate surface area is 118 Å². The van der Waals surface area contributed by atoms with E-state index in [4.69, 9.17) is 0 Å². The molecule has 0 fully saturated rings. The van der Waals surface area contributed by atoms with Crippen LogP contribution in [0.15, 0.2) is 0 Å². The average molecular weight is 304 g/mol. The number of hydrogen-bond donors (Lipinski definition) is 1. The van der Waals surface area contributed by atoms with Crippen LogP contribution in [-0.4, -0.2) is 46.0 Å². The van der Waals surface area contributed by atoms with Gasteiger partial charge in [-0.25, -0.2) is 17.9 Å². The lowest BCUT2D eigenvalue weighted by Gasteiger charge is -2.31. The molecule has 1 heterocycles. The summed E-state index contributed by atoms with van der Waals surface area (Å²) in [4.78, 5) is 11.6. The van der Waals surface area contributed by atoms with Crippen LogP contribution < -0.4 is 0 Å². The largest absolute Gasteiger partial charge is 0.479 e. The molecule has 0 saturated heterocycles. The molecule has 8 nitrogen and oxygen atoms in total. The maximum absolute atomic E-state index is 11.9. The van der Waals surface area contributed by atoms with Crippen LogP contribution in [0.4, 0.5) is 0 Å². The number of sulfone groups is 1. The van der Waals surface area contributed by atoms with E-state index < -0.39 is 26.1 Å². The lowest BCUT2D eigenvalue weighted by Crippen LogP contribution is -2.46. The van der Waals surface area contributed by atoms with E-state index in [-0.39, 0.29) is 18.7 Å². The minimum Gasteiger partial charge on any atom is -0.479 e. The second-order valence-electron chi connectivity index (χ2n) is 5.24. The van der Waals surface area contributed by atoms with E-state index in [9.17, 15) is 18.3 Å². The fourth-order valence-electron chi connectivity index (χ4n) is 1.96. The van der Waals surface area contributed by atoms with Gasteiger partial charge in [0.25, 0.3) is 0 Å². The molecule has 0 aliphatic carbocycles. The second-order valence-corrected chi connectivity index (χ2v) is 7.81. The lowest BCUT2D eigenvalue weighted by atomic mass is 9.92. The summed E-state index contributed by atoms with van der Waals surface area (Å²) in [6.45, 7) is 6.33. The third-order valence-electron chi connectivity index (χ3n) is 3.91. The molecule has 20 heavy (non-hydrogen) atoms. The fourth-order valence-corrected chi connectivity index (χ4v) is 2.42. The van der Waals surface area contributed by atoms with Gasteiger partial charge >= 0.3 is 5.97 Å². The van der Waals surface area contributed by atoms with Crippen LogP contribution in [0.25, 0.3) is 0 Å². The number of carbonyl (C=O) groups is 1. The third kappa shape index (κ3) is 2.30. The first-order valence-corrected chi connectivity index (χ1v) is 8.16. The molecule has 0 amide bonds. The first-order chi connectivity index (χ1) is 9.04. The summed E-state index contributed by atoms with van der Waals surface area (Å²) < 4.78 is 23.6. The highest BCUT2D eigenvalue weighted by molar-refractivity contribution is 7.91. The molecule has 1 N–H and O–H groups in total. The van der Waals surface area contributed by atoms with E-state index in [2.05, 4.69) is 15.5 Å². The van der Waals surface area contributed by atoms with Crippen LogP contribution in [0.3, 0.4) is 0 Å². The Morgan fingerprint density at radius 3 is 2.15 bits per heavy atom. The molecule has 0 bridgehead atoms. The van der Waals surface area contributed by atoms with E-state index >= 15 is 0 Å². The highest BCUT2D eigenvalue weighted by atomic mass is 32.2. The number of aromatic nitrogens is 4. The normalized spacial score (nSPS) is 13.4. The number of tetrazole rings is 1. The molecule has 0 atom stereocenters. The minimum absolute atomic E-state index is 0.0334. The van der Waals surface area contributed by atoms with E-state index in [0.29, 0.717) is 0 Å². The topological polar surface area (TPSA) is 115 Å². The van der Waals surface area contributed by atoms with Crippen molar-refractivity contribution in [2.45, 2.75) is 50.8 Å². The van der Waals surface area contributed by atoms with Crippen LogP contribution in [-0.2, 0) is 24.9 Å². The number of aliphatic carboxylic acids is 1. The van der Waals surface area contributed by atoms with Crippen molar-refractivity contribution in [2.24, 2.45) is 0 Å². The van der Waals surface area contributed by atoms with Crippen molar-refractivity contribution in [2.75, 3.05) is 6.26 Å². The van der Waals surface area contributed by atoms with E-state index in [1.807, 2.05) is 0 Å².